The molecule has 1 saturated heterocycles. The third-order valence-corrected chi connectivity index (χ3v) is 3.93. The van der Waals surface area contributed by atoms with E-state index in [1.165, 1.54) is 11.1 Å². The molecular formula is C13H20N2. The van der Waals surface area contributed by atoms with Gasteiger partial charge in [-0.25, -0.2) is 0 Å². The molecule has 2 N–H and O–H groups in total. The molecule has 82 valence electrons. The fourth-order valence-electron chi connectivity index (χ4n) is 2.45. The van der Waals surface area contributed by atoms with E-state index in [0.717, 1.165) is 13.0 Å². The fourth-order valence-corrected chi connectivity index (χ4v) is 2.45. The molecule has 15 heavy (non-hydrogen) atoms. The van der Waals surface area contributed by atoms with Gasteiger partial charge in [0.15, 0.2) is 0 Å². The summed E-state index contributed by atoms with van der Waals surface area (Å²) in [5.41, 5.74) is 8.88. The fraction of sp³-hybridized carbons (Fsp3) is 0.538. The molecule has 1 heterocycles. The van der Waals surface area contributed by atoms with E-state index in [1.54, 1.807) is 0 Å². The van der Waals surface area contributed by atoms with Crippen LogP contribution in [0.2, 0.25) is 0 Å². The van der Waals surface area contributed by atoms with Crippen molar-refractivity contribution in [3.8, 4) is 0 Å². The second-order valence-electron chi connectivity index (χ2n) is 4.83. The van der Waals surface area contributed by atoms with Gasteiger partial charge in [0, 0.05) is 12.6 Å². The number of likely N-dealkylation sites (N-methyl/N-ethyl adjacent to an activating group) is 1. The number of rotatable bonds is 1. The molecule has 0 radical (unpaired) electrons. The maximum absolute atomic E-state index is 6.23. The van der Waals surface area contributed by atoms with Crippen LogP contribution in [0.5, 0.6) is 0 Å². The lowest BCUT2D eigenvalue weighted by molar-refractivity contribution is 0.181. The predicted molar refractivity (Wildman–Crippen MR) is 63.8 cm³/mol. The number of hydrogen-bond donors (Lipinski definition) is 1. The van der Waals surface area contributed by atoms with Crippen molar-refractivity contribution in [2.24, 2.45) is 5.73 Å². The first-order valence-electron chi connectivity index (χ1n) is 5.59. The van der Waals surface area contributed by atoms with Crippen LogP contribution in [-0.2, 0) is 5.54 Å². The quantitative estimate of drug-likeness (QED) is 0.756. The lowest BCUT2D eigenvalue weighted by Crippen LogP contribution is -2.46. The van der Waals surface area contributed by atoms with Crippen molar-refractivity contribution in [3.63, 3.8) is 0 Å². The van der Waals surface area contributed by atoms with Gasteiger partial charge in [-0.05, 0) is 32.9 Å². The molecule has 2 nitrogen and oxygen atoms in total. The standard InChI is InChI=1S/C13H20N2/c1-10-4-6-11(7-5-10)13(2)12(14)8-9-15(13)3/h4-7,12H,8-9,14H2,1-3H3. The third kappa shape index (κ3) is 1.58. The predicted octanol–water partition coefficient (Wildman–Crippen LogP) is 1.87. The Hall–Kier alpha value is -0.860. The Bertz CT molecular complexity index is 332. The Kier molecular flexibility index (Phi) is 2.57. The van der Waals surface area contributed by atoms with E-state index in [-0.39, 0.29) is 11.6 Å². The van der Waals surface area contributed by atoms with E-state index in [2.05, 4.69) is 50.1 Å². The second-order valence-corrected chi connectivity index (χ2v) is 4.83. The molecule has 1 fully saturated rings. The largest absolute Gasteiger partial charge is 0.326 e. The average molecular weight is 204 g/mol. The smallest absolute Gasteiger partial charge is 0.0582 e. The summed E-state index contributed by atoms with van der Waals surface area (Å²) in [5, 5.41) is 0. The Labute approximate surface area is 92.1 Å². The molecule has 2 heteroatoms. The number of nitrogens with zero attached hydrogens (tertiary/aromatic N) is 1. The molecule has 0 aliphatic carbocycles. The lowest BCUT2D eigenvalue weighted by atomic mass is 9.85. The molecule has 0 saturated carbocycles. The number of nitrogens with two attached hydrogens (primary N) is 1. The molecule has 0 amide bonds. The highest BCUT2D eigenvalue weighted by atomic mass is 15.2. The minimum atomic E-state index is 0.00764. The van der Waals surface area contributed by atoms with Crippen molar-refractivity contribution >= 4 is 0 Å². The molecule has 2 rings (SSSR count). The summed E-state index contributed by atoms with van der Waals surface area (Å²) in [7, 11) is 2.16. The summed E-state index contributed by atoms with van der Waals surface area (Å²) in [6.45, 7) is 5.45. The second kappa shape index (κ2) is 3.62. The molecule has 1 aromatic rings. The van der Waals surface area contributed by atoms with Crippen LogP contribution in [0, 0.1) is 6.92 Å². The first-order valence-corrected chi connectivity index (χ1v) is 5.59. The Balaban J connectivity index is 2.39. The summed E-state index contributed by atoms with van der Waals surface area (Å²) in [6.07, 6.45) is 1.08. The van der Waals surface area contributed by atoms with Gasteiger partial charge in [0.25, 0.3) is 0 Å². The van der Waals surface area contributed by atoms with Crippen molar-refractivity contribution < 1.29 is 0 Å². The zero-order valence-corrected chi connectivity index (χ0v) is 9.83. The van der Waals surface area contributed by atoms with Crippen LogP contribution in [-0.4, -0.2) is 24.5 Å². The molecule has 0 aromatic heterocycles. The monoisotopic (exact) mass is 204 g/mol. The minimum Gasteiger partial charge on any atom is -0.326 e. The molecule has 0 bridgehead atoms. The van der Waals surface area contributed by atoms with Crippen LogP contribution in [0.15, 0.2) is 24.3 Å². The zero-order chi connectivity index (χ0) is 11.1. The van der Waals surface area contributed by atoms with Gasteiger partial charge in [-0.1, -0.05) is 29.8 Å². The first kappa shape index (κ1) is 10.7. The van der Waals surface area contributed by atoms with E-state index in [9.17, 15) is 0 Å². The van der Waals surface area contributed by atoms with Crippen molar-refractivity contribution in [1.82, 2.24) is 4.90 Å². The average Bonchev–Trinajstić information content (AvgIpc) is 2.48. The Morgan fingerprint density at radius 3 is 2.40 bits per heavy atom. The minimum absolute atomic E-state index is 0.00764. The van der Waals surface area contributed by atoms with Crippen LogP contribution < -0.4 is 5.73 Å². The molecule has 1 aliphatic heterocycles. The Morgan fingerprint density at radius 1 is 1.33 bits per heavy atom. The van der Waals surface area contributed by atoms with Crippen LogP contribution >= 0.6 is 0 Å². The number of hydrogen-bond acceptors (Lipinski definition) is 2. The molecule has 2 atom stereocenters. The normalized spacial score (nSPS) is 32.1. The summed E-state index contributed by atoms with van der Waals surface area (Å²) in [6, 6.07) is 8.98. The lowest BCUT2D eigenvalue weighted by Gasteiger charge is -2.36. The van der Waals surface area contributed by atoms with Crippen LogP contribution in [0.3, 0.4) is 0 Å². The maximum Gasteiger partial charge on any atom is 0.0582 e. The molecule has 2 unspecified atom stereocenters. The van der Waals surface area contributed by atoms with Gasteiger partial charge in [-0.2, -0.15) is 0 Å². The van der Waals surface area contributed by atoms with E-state index >= 15 is 0 Å². The highest BCUT2D eigenvalue weighted by molar-refractivity contribution is 5.30. The van der Waals surface area contributed by atoms with Crippen molar-refractivity contribution in [1.29, 1.82) is 0 Å². The van der Waals surface area contributed by atoms with Gasteiger partial charge < -0.3 is 5.73 Å². The third-order valence-electron chi connectivity index (χ3n) is 3.93. The van der Waals surface area contributed by atoms with Gasteiger partial charge in [-0.15, -0.1) is 0 Å². The zero-order valence-electron chi connectivity index (χ0n) is 9.83. The van der Waals surface area contributed by atoms with Gasteiger partial charge in [0.2, 0.25) is 0 Å². The molecule has 1 aromatic carbocycles. The van der Waals surface area contributed by atoms with Crippen molar-refractivity contribution in [3.05, 3.63) is 35.4 Å². The van der Waals surface area contributed by atoms with Crippen LogP contribution in [0.1, 0.15) is 24.5 Å². The van der Waals surface area contributed by atoms with Crippen LogP contribution in [0.4, 0.5) is 0 Å². The SMILES string of the molecule is Cc1ccc(C2(C)C(N)CCN2C)cc1. The molecule has 0 spiro atoms. The van der Waals surface area contributed by atoms with Crippen LogP contribution in [0.25, 0.3) is 0 Å². The summed E-state index contributed by atoms with van der Waals surface area (Å²) in [4.78, 5) is 2.36. The number of aryl methyl sites for hydroxylation is 1. The van der Waals surface area contributed by atoms with E-state index in [4.69, 9.17) is 5.73 Å². The summed E-state index contributed by atoms with van der Waals surface area (Å²) < 4.78 is 0. The first-order chi connectivity index (χ1) is 7.05. The maximum atomic E-state index is 6.23. The van der Waals surface area contributed by atoms with Gasteiger partial charge >= 0.3 is 0 Å². The highest BCUT2D eigenvalue weighted by Gasteiger charge is 2.42. The van der Waals surface area contributed by atoms with Crippen molar-refractivity contribution in [2.75, 3.05) is 13.6 Å². The van der Waals surface area contributed by atoms with E-state index in [0.29, 0.717) is 0 Å². The van der Waals surface area contributed by atoms with Crippen molar-refractivity contribution in [2.45, 2.75) is 31.8 Å². The topological polar surface area (TPSA) is 29.3 Å². The number of benzene rings is 1. The highest BCUT2D eigenvalue weighted by Crippen LogP contribution is 2.36. The summed E-state index contributed by atoms with van der Waals surface area (Å²) in [5.74, 6) is 0. The number of likely N-dealkylation sites (tertiary alicyclic amines) is 1. The van der Waals surface area contributed by atoms with E-state index in [1.807, 2.05) is 0 Å². The van der Waals surface area contributed by atoms with Gasteiger partial charge in [0.1, 0.15) is 0 Å². The van der Waals surface area contributed by atoms with Gasteiger partial charge in [0.05, 0.1) is 5.54 Å². The molecular weight excluding hydrogens is 184 g/mol. The Morgan fingerprint density at radius 2 is 1.93 bits per heavy atom. The molecule has 1 aliphatic rings. The van der Waals surface area contributed by atoms with E-state index < -0.39 is 0 Å². The summed E-state index contributed by atoms with van der Waals surface area (Å²) >= 11 is 0. The van der Waals surface area contributed by atoms with Gasteiger partial charge in [-0.3, -0.25) is 4.90 Å².